The van der Waals surface area contributed by atoms with Gasteiger partial charge in [-0.15, -0.1) is 23.5 Å². The van der Waals surface area contributed by atoms with Crippen LogP contribution in [0.3, 0.4) is 0 Å². The van der Waals surface area contributed by atoms with E-state index in [0.29, 0.717) is 36.4 Å². The summed E-state index contributed by atoms with van der Waals surface area (Å²) in [5.74, 6) is 7.82. The number of aryl methyl sites for hydroxylation is 2. The van der Waals surface area contributed by atoms with Crippen LogP contribution in [0.4, 0.5) is 9.59 Å². The summed E-state index contributed by atoms with van der Waals surface area (Å²) in [6.45, 7) is 13.0. The number of rotatable bonds is 18. The summed E-state index contributed by atoms with van der Waals surface area (Å²) in [4.78, 5) is 61.7. The minimum absolute atomic E-state index is 0.125. The number of fused-ring (bicyclic) bond motifs is 2. The first-order chi connectivity index (χ1) is 29.6. The molecule has 1 aliphatic rings. The topological polar surface area (TPSA) is 207 Å². The molecule has 2 atom stereocenters. The van der Waals surface area contributed by atoms with Crippen molar-refractivity contribution < 1.29 is 33.4 Å². The number of hydrogen-bond donors (Lipinski definition) is 5. The minimum atomic E-state index is -0.745. The quantitative estimate of drug-likeness (QED) is 0.0473. The van der Waals surface area contributed by atoms with Gasteiger partial charge in [-0.05, 0) is 36.1 Å². The van der Waals surface area contributed by atoms with E-state index in [4.69, 9.17) is 4.74 Å². The molecule has 2 aromatic heterocycles. The number of alkyl carbamates (subject to hydrolysis) is 1. The molecule has 6 N–H and O–H groups in total. The molecule has 0 spiro atoms. The van der Waals surface area contributed by atoms with Crippen LogP contribution in [0, 0.1) is 11.8 Å². The number of aromatic nitrogens is 4. The van der Waals surface area contributed by atoms with E-state index in [-0.39, 0.29) is 17.2 Å². The summed E-state index contributed by atoms with van der Waals surface area (Å²) in [6.07, 6.45) is 7.48. The van der Waals surface area contributed by atoms with Gasteiger partial charge in [0, 0.05) is 79.0 Å². The fourth-order valence-corrected chi connectivity index (χ4v) is 7.78. The van der Waals surface area contributed by atoms with Crippen molar-refractivity contribution in [3.05, 3.63) is 71.6 Å². The number of H-pyrrole nitrogens is 2. The summed E-state index contributed by atoms with van der Waals surface area (Å²) in [7, 11) is 5.94. The lowest BCUT2D eigenvalue weighted by atomic mass is 9.75. The van der Waals surface area contributed by atoms with Crippen molar-refractivity contribution in [3.63, 3.8) is 0 Å². The predicted molar refractivity (Wildman–Crippen MR) is 249 cm³/mol. The van der Waals surface area contributed by atoms with Gasteiger partial charge in [0.05, 0.1) is 49.8 Å². The number of aromatic amines is 2. The average molecular weight is 895 g/mol. The molecule has 62 heavy (non-hydrogen) atoms. The number of nitrogens with zero attached hydrogens (tertiary/aromatic N) is 3. The van der Waals surface area contributed by atoms with Crippen molar-refractivity contribution in [3.8, 4) is 34.0 Å². The molecule has 2 unspecified atom stereocenters. The second-order valence-corrected chi connectivity index (χ2v) is 17.8. The standard InChI is InChI=1S/C40H54N6O3S2.C3H7NO2.C2H5NO2/c1-8-26(3)18-38(47)43-24-50-16-14-36-41-22-32(44-36)28-11-13-34-31(20-28)40(5,6)30-12-10-29(21-35(30)49-34)33-23-42-37(45-33)15-17-51-25-46(7)39(48)19-27(4)9-2;1-4-3(5)6-2;1-5-2(3)4/h10-13,20-23,26-27H,8-9,14-19,24-25H2,1-7H3,(H,41,44)(H,42,45)(H,43,47);1-2H3,(H,4,5);1H3,(H2,3,4). The number of thioether (sulfide) groups is 2. The molecule has 17 heteroatoms. The number of primary amides is 1. The number of benzene rings is 2. The molecular formula is C45H66N8O7S2. The number of carbonyl (C=O) groups is 4. The summed E-state index contributed by atoms with van der Waals surface area (Å²) in [5, 5.41) is 5.26. The van der Waals surface area contributed by atoms with Gasteiger partial charge in [0.15, 0.2) is 0 Å². The van der Waals surface area contributed by atoms with Crippen LogP contribution in [0.5, 0.6) is 11.5 Å². The number of nitrogens with two attached hydrogens (primary N) is 1. The third-order valence-electron chi connectivity index (χ3n) is 10.5. The highest BCUT2D eigenvalue weighted by Crippen LogP contribution is 2.49. The molecule has 340 valence electrons. The molecule has 0 fully saturated rings. The molecular weight excluding hydrogens is 829 g/mol. The molecule has 0 bridgehead atoms. The number of amides is 4. The van der Waals surface area contributed by atoms with E-state index < -0.39 is 12.2 Å². The van der Waals surface area contributed by atoms with Crippen LogP contribution in [0.15, 0.2) is 48.8 Å². The Morgan fingerprint density at radius 3 is 1.95 bits per heavy atom. The average Bonchev–Trinajstić information content (AvgIpc) is 3.95. The van der Waals surface area contributed by atoms with E-state index in [9.17, 15) is 19.2 Å². The zero-order valence-electron chi connectivity index (χ0n) is 37.9. The first-order valence-electron chi connectivity index (χ1n) is 20.9. The zero-order chi connectivity index (χ0) is 45.8. The molecule has 0 saturated heterocycles. The highest BCUT2D eigenvalue weighted by molar-refractivity contribution is 7.99. The molecule has 5 rings (SSSR count). The lowest BCUT2D eigenvalue weighted by Gasteiger charge is -2.35. The van der Waals surface area contributed by atoms with Gasteiger partial charge in [0.2, 0.25) is 11.8 Å². The van der Waals surface area contributed by atoms with Gasteiger partial charge in [-0.2, -0.15) is 0 Å². The van der Waals surface area contributed by atoms with E-state index in [1.54, 1.807) is 23.5 Å². The Kier molecular flexibility index (Phi) is 21.2. The van der Waals surface area contributed by atoms with E-state index in [0.717, 1.165) is 94.0 Å². The Bertz CT molecular complexity index is 2050. The Morgan fingerprint density at radius 2 is 1.40 bits per heavy atom. The lowest BCUT2D eigenvalue weighted by molar-refractivity contribution is -0.129. The van der Waals surface area contributed by atoms with Gasteiger partial charge in [0.1, 0.15) is 23.1 Å². The van der Waals surface area contributed by atoms with Crippen molar-refractivity contribution in [2.75, 3.05) is 51.6 Å². The van der Waals surface area contributed by atoms with E-state index in [1.807, 2.05) is 24.3 Å². The predicted octanol–water partition coefficient (Wildman–Crippen LogP) is 8.50. The third-order valence-corrected chi connectivity index (χ3v) is 12.4. The number of imidazole rings is 2. The normalized spacial score (nSPS) is 12.9. The van der Waals surface area contributed by atoms with Gasteiger partial charge in [-0.3, -0.25) is 9.59 Å². The van der Waals surface area contributed by atoms with Gasteiger partial charge in [-0.1, -0.05) is 66.5 Å². The third kappa shape index (κ3) is 15.9. The second-order valence-electron chi connectivity index (χ2n) is 15.6. The van der Waals surface area contributed by atoms with E-state index >= 15 is 0 Å². The van der Waals surface area contributed by atoms with E-state index in [1.165, 1.54) is 21.3 Å². The number of ether oxygens (including phenoxy) is 3. The molecule has 4 amide bonds. The Balaban J connectivity index is 0.000000826. The van der Waals surface area contributed by atoms with Gasteiger partial charge < -0.3 is 45.4 Å². The number of hydrogen-bond acceptors (Lipinski definition) is 11. The highest BCUT2D eigenvalue weighted by Gasteiger charge is 2.35. The summed E-state index contributed by atoms with van der Waals surface area (Å²) < 4.78 is 14.6. The maximum atomic E-state index is 12.4. The van der Waals surface area contributed by atoms with Crippen LogP contribution >= 0.6 is 23.5 Å². The monoisotopic (exact) mass is 894 g/mol. The first-order valence-corrected chi connectivity index (χ1v) is 23.2. The fraction of sp³-hybridized carbons (Fsp3) is 0.511. The molecule has 3 heterocycles. The Morgan fingerprint density at radius 1 is 0.839 bits per heavy atom. The second kappa shape index (κ2) is 25.7. The smallest absolute Gasteiger partial charge is 0.406 e. The molecule has 4 aromatic rings. The number of methoxy groups -OCH3 is 2. The van der Waals surface area contributed by atoms with Crippen molar-refractivity contribution >= 4 is 47.5 Å². The van der Waals surface area contributed by atoms with Crippen LogP contribution in [-0.2, 0) is 37.3 Å². The summed E-state index contributed by atoms with van der Waals surface area (Å²) >= 11 is 3.46. The van der Waals surface area contributed by atoms with Crippen LogP contribution in [0.25, 0.3) is 22.5 Å². The van der Waals surface area contributed by atoms with Gasteiger partial charge in [-0.25, -0.2) is 19.6 Å². The summed E-state index contributed by atoms with van der Waals surface area (Å²) in [5.41, 5.74) is 10.5. The molecule has 0 radical (unpaired) electrons. The van der Waals surface area contributed by atoms with E-state index in [2.05, 4.69) is 124 Å². The fourth-order valence-electron chi connectivity index (χ4n) is 6.15. The lowest BCUT2D eigenvalue weighted by Crippen LogP contribution is -2.27. The van der Waals surface area contributed by atoms with Crippen molar-refractivity contribution in [2.45, 2.75) is 85.5 Å². The number of carbonyl (C=O) groups excluding carboxylic acids is 4. The first kappa shape index (κ1) is 51.2. The molecule has 1 aliphatic heterocycles. The number of nitrogens with one attached hydrogen (secondary N) is 4. The van der Waals surface area contributed by atoms with Gasteiger partial charge >= 0.3 is 12.2 Å². The largest absolute Gasteiger partial charge is 0.457 e. The molecule has 0 aliphatic carbocycles. The van der Waals surface area contributed by atoms with Gasteiger partial charge in [0.25, 0.3) is 0 Å². The molecule has 15 nitrogen and oxygen atoms in total. The Hall–Kier alpha value is -5.16. The highest BCUT2D eigenvalue weighted by atomic mass is 32.2. The van der Waals surface area contributed by atoms with Crippen LogP contribution in [0.1, 0.15) is 90.0 Å². The van der Waals surface area contributed by atoms with Crippen molar-refractivity contribution in [1.82, 2.24) is 35.5 Å². The Labute approximate surface area is 375 Å². The molecule has 0 saturated carbocycles. The minimum Gasteiger partial charge on any atom is -0.457 e. The van der Waals surface area contributed by atoms with Crippen LogP contribution in [0.2, 0.25) is 0 Å². The van der Waals surface area contributed by atoms with Crippen LogP contribution in [-0.4, -0.2) is 100 Å². The van der Waals surface area contributed by atoms with Crippen molar-refractivity contribution in [2.24, 2.45) is 17.6 Å². The maximum Gasteiger partial charge on any atom is 0.406 e. The summed E-state index contributed by atoms with van der Waals surface area (Å²) in [6, 6.07) is 12.8. The maximum absolute atomic E-state index is 12.4. The zero-order valence-corrected chi connectivity index (χ0v) is 39.6. The van der Waals surface area contributed by atoms with Crippen LogP contribution < -0.4 is 21.1 Å². The SMILES string of the molecule is CCC(C)CC(=O)NCSCCc1ncc(-c2ccc3c(c2)C(C)(C)c2ccc(-c4cnc(CCSCN(C)C(=O)CC(C)CC)[nH]4)cc2O3)[nH]1.CNC(=O)OC.COC(N)=O. The molecule has 2 aromatic carbocycles. The van der Waals surface area contributed by atoms with Crippen molar-refractivity contribution in [1.29, 1.82) is 0 Å².